The molecule has 4 rings (SSSR count). The molecule has 0 unspecified atom stereocenters. The third kappa shape index (κ3) is 3.79. The first-order chi connectivity index (χ1) is 12.7. The van der Waals surface area contributed by atoms with Gasteiger partial charge in [-0.25, -0.2) is 4.39 Å². The van der Waals surface area contributed by atoms with Gasteiger partial charge in [0.15, 0.2) is 0 Å². The van der Waals surface area contributed by atoms with E-state index in [9.17, 15) is 4.39 Å². The van der Waals surface area contributed by atoms with Gasteiger partial charge in [-0.05, 0) is 48.7 Å². The largest absolute Gasteiger partial charge is 0.377 e. The Morgan fingerprint density at radius 2 is 2.19 bits per heavy atom. The highest BCUT2D eigenvalue weighted by molar-refractivity contribution is 5.84. The average Bonchev–Trinajstić information content (AvgIpc) is 3.24. The number of aromatic nitrogens is 2. The topological polar surface area (TPSA) is 30.3 Å². The zero-order chi connectivity index (χ0) is 17.9. The summed E-state index contributed by atoms with van der Waals surface area (Å²) in [5, 5.41) is 0.978. The second-order valence-corrected chi connectivity index (χ2v) is 7.05. The van der Waals surface area contributed by atoms with Crippen LogP contribution in [0.1, 0.15) is 24.1 Å². The van der Waals surface area contributed by atoms with Gasteiger partial charge < -0.3 is 9.30 Å². The van der Waals surface area contributed by atoms with E-state index in [1.54, 1.807) is 6.07 Å². The van der Waals surface area contributed by atoms with Gasteiger partial charge in [0, 0.05) is 56.6 Å². The van der Waals surface area contributed by atoms with Gasteiger partial charge in [0.05, 0.1) is 11.8 Å². The van der Waals surface area contributed by atoms with Crippen LogP contribution in [0.2, 0.25) is 0 Å². The lowest BCUT2D eigenvalue weighted by Crippen LogP contribution is -2.31. The highest BCUT2D eigenvalue weighted by Gasteiger charge is 2.21. The number of hydrogen-bond acceptors (Lipinski definition) is 3. The Morgan fingerprint density at radius 3 is 2.96 bits per heavy atom. The minimum atomic E-state index is -0.194. The SMILES string of the molecule is Cn1cc(CN(Cc2ccccn2)C[C@H]2CCCO2)c2cc(F)ccc21. The Hall–Kier alpha value is -2.24. The lowest BCUT2D eigenvalue weighted by molar-refractivity contribution is 0.0676. The van der Waals surface area contributed by atoms with Gasteiger partial charge in [-0.1, -0.05) is 6.07 Å². The average molecular weight is 353 g/mol. The fourth-order valence-electron chi connectivity index (χ4n) is 3.79. The van der Waals surface area contributed by atoms with Crippen molar-refractivity contribution in [2.24, 2.45) is 7.05 Å². The summed E-state index contributed by atoms with van der Waals surface area (Å²) in [7, 11) is 2.01. The number of ether oxygens (including phenoxy) is 1. The van der Waals surface area contributed by atoms with Crippen molar-refractivity contribution in [1.29, 1.82) is 0 Å². The molecule has 0 saturated carbocycles. The first-order valence-corrected chi connectivity index (χ1v) is 9.16. The summed E-state index contributed by atoms with van der Waals surface area (Å²) in [4.78, 5) is 6.83. The van der Waals surface area contributed by atoms with Crippen LogP contribution in [0.5, 0.6) is 0 Å². The van der Waals surface area contributed by atoms with Gasteiger partial charge in [0.25, 0.3) is 0 Å². The van der Waals surface area contributed by atoms with E-state index in [1.807, 2.05) is 37.5 Å². The van der Waals surface area contributed by atoms with E-state index in [0.29, 0.717) is 0 Å². The Kier molecular flexibility index (Phi) is 5.00. The number of fused-ring (bicyclic) bond motifs is 1. The summed E-state index contributed by atoms with van der Waals surface area (Å²) in [5.74, 6) is -0.194. The van der Waals surface area contributed by atoms with Gasteiger partial charge in [-0.3, -0.25) is 9.88 Å². The second kappa shape index (κ2) is 7.56. The molecule has 0 aliphatic carbocycles. The molecule has 0 amide bonds. The zero-order valence-corrected chi connectivity index (χ0v) is 15.1. The summed E-state index contributed by atoms with van der Waals surface area (Å²) >= 11 is 0. The normalized spacial score (nSPS) is 17.4. The highest BCUT2D eigenvalue weighted by Crippen LogP contribution is 2.24. The fraction of sp³-hybridized carbons (Fsp3) is 0.381. The van der Waals surface area contributed by atoms with Gasteiger partial charge in [-0.2, -0.15) is 0 Å². The van der Waals surface area contributed by atoms with Gasteiger partial charge in [0.1, 0.15) is 5.82 Å². The Morgan fingerprint density at radius 1 is 1.27 bits per heavy atom. The molecule has 0 N–H and O–H groups in total. The third-order valence-corrected chi connectivity index (χ3v) is 5.03. The fourth-order valence-corrected chi connectivity index (χ4v) is 3.79. The molecule has 4 nitrogen and oxygen atoms in total. The molecule has 0 bridgehead atoms. The van der Waals surface area contributed by atoms with Crippen LogP contribution in [-0.2, 0) is 24.9 Å². The van der Waals surface area contributed by atoms with Crippen LogP contribution in [0.25, 0.3) is 10.9 Å². The maximum atomic E-state index is 13.8. The molecule has 5 heteroatoms. The molecule has 1 atom stereocenters. The van der Waals surface area contributed by atoms with Crippen molar-refractivity contribution in [1.82, 2.24) is 14.5 Å². The standard InChI is InChI=1S/C21H24FN3O/c1-24-12-16(20-11-17(22)7-8-21(20)24)13-25(15-19-6-4-10-26-19)14-18-5-2-3-9-23-18/h2-3,5,7-9,11-12,19H,4,6,10,13-15H2,1H3/t19-/m1/s1. The molecule has 3 aromatic rings. The van der Waals surface area contributed by atoms with Crippen molar-refractivity contribution >= 4 is 10.9 Å². The molecule has 0 spiro atoms. The molecule has 136 valence electrons. The monoisotopic (exact) mass is 353 g/mol. The van der Waals surface area contributed by atoms with Crippen LogP contribution in [0.15, 0.2) is 48.8 Å². The molecule has 26 heavy (non-hydrogen) atoms. The van der Waals surface area contributed by atoms with E-state index < -0.39 is 0 Å². The van der Waals surface area contributed by atoms with E-state index in [-0.39, 0.29) is 11.9 Å². The molecule has 1 aromatic carbocycles. The molecule has 1 saturated heterocycles. The molecule has 1 fully saturated rings. The van der Waals surface area contributed by atoms with Crippen molar-refractivity contribution in [3.8, 4) is 0 Å². The van der Waals surface area contributed by atoms with E-state index >= 15 is 0 Å². The predicted octanol–water partition coefficient (Wildman–Crippen LogP) is 3.89. The van der Waals surface area contributed by atoms with Crippen molar-refractivity contribution in [2.75, 3.05) is 13.2 Å². The first-order valence-electron chi connectivity index (χ1n) is 9.16. The quantitative estimate of drug-likeness (QED) is 0.673. The summed E-state index contributed by atoms with van der Waals surface area (Å²) in [6.45, 7) is 3.22. The van der Waals surface area contributed by atoms with Crippen molar-refractivity contribution < 1.29 is 9.13 Å². The summed E-state index contributed by atoms with van der Waals surface area (Å²) < 4.78 is 21.7. The minimum Gasteiger partial charge on any atom is -0.377 e. The summed E-state index contributed by atoms with van der Waals surface area (Å²) in [6, 6.07) is 11.0. The second-order valence-electron chi connectivity index (χ2n) is 7.05. The number of nitrogens with zero attached hydrogens (tertiary/aromatic N) is 3. The maximum Gasteiger partial charge on any atom is 0.123 e. The number of hydrogen-bond donors (Lipinski definition) is 0. The molecule has 0 radical (unpaired) electrons. The van der Waals surface area contributed by atoms with Crippen molar-refractivity contribution in [2.45, 2.75) is 32.0 Å². The van der Waals surface area contributed by atoms with Crippen LogP contribution in [0.3, 0.4) is 0 Å². The van der Waals surface area contributed by atoms with Gasteiger partial charge >= 0.3 is 0 Å². The van der Waals surface area contributed by atoms with Crippen LogP contribution < -0.4 is 0 Å². The Labute approximate surface area is 153 Å². The van der Waals surface area contributed by atoms with Crippen LogP contribution in [-0.4, -0.2) is 33.7 Å². The Balaban J connectivity index is 1.60. The van der Waals surface area contributed by atoms with Gasteiger partial charge in [0.2, 0.25) is 0 Å². The van der Waals surface area contributed by atoms with Crippen LogP contribution >= 0.6 is 0 Å². The maximum absolute atomic E-state index is 13.8. The highest BCUT2D eigenvalue weighted by atomic mass is 19.1. The molecule has 1 aliphatic heterocycles. The molecular weight excluding hydrogens is 329 g/mol. The molecule has 1 aliphatic rings. The summed E-state index contributed by atoms with van der Waals surface area (Å²) in [6.07, 6.45) is 6.42. The lowest BCUT2D eigenvalue weighted by atomic mass is 10.1. The van der Waals surface area contributed by atoms with E-state index in [0.717, 1.165) is 61.2 Å². The number of aryl methyl sites for hydroxylation is 1. The predicted molar refractivity (Wildman–Crippen MR) is 100 cm³/mol. The van der Waals surface area contributed by atoms with Crippen molar-refractivity contribution in [3.05, 3.63) is 65.9 Å². The number of rotatable bonds is 6. The summed E-state index contributed by atoms with van der Waals surface area (Å²) in [5.41, 5.74) is 3.23. The third-order valence-electron chi connectivity index (χ3n) is 5.03. The number of benzene rings is 1. The van der Waals surface area contributed by atoms with E-state index in [4.69, 9.17) is 4.74 Å². The zero-order valence-electron chi connectivity index (χ0n) is 15.1. The van der Waals surface area contributed by atoms with Crippen LogP contribution in [0.4, 0.5) is 4.39 Å². The smallest absolute Gasteiger partial charge is 0.123 e. The van der Waals surface area contributed by atoms with Gasteiger partial charge in [-0.15, -0.1) is 0 Å². The van der Waals surface area contributed by atoms with Crippen molar-refractivity contribution in [3.63, 3.8) is 0 Å². The lowest BCUT2D eigenvalue weighted by Gasteiger charge is -2.24. The number of pyridine rings is 1. The molecule has 2 aromatic heterocycles. The minimum absolute atomic E-state index is 0.194. The molecular formula is C21H24FN3O. The molecule has 3 heterocycles. The first kappa shape index (κ1) is 17.2. The van der Waals surface area contributed by atoms with E-state index in [2.05, 4.69) is 20.6 Å². The van der Waals surface area contributed by atoms with E-state index in [1.165, 1.54) is 6.07 Å². The Bertz CT molecular complexity index is 872. The van der Waals surface area contributed by atoms with Crippen LogP contribution in [0, 0.1) is 5.82 Å². The number of halogens is 1.